The molecule has 9 aromatic rings. The maximum Gasteiger partial charge on any atom is 0.119 e. The summed E-state index contributed by atoms with van der Waals surface area (Å²) in [5.41, 5.74) is 16.4. The Labute approximate surface area is 397 Å². The summed E-state index contributed by atoms with van der Waals surface area (Å²) in [6.07, 6.45) is 10.6. The molecule has 5 heteroatoms. The molecule has 0 aliphatic heterocycles. The number of aromatic nitrogens is 1. The first-order valence-electron chi connectivity index (χ1n) is 24.2. The van der Waals surface area contributed by atoms with Gasteiger partial charge in [0, 0.05) is 62.5 Å². The Hall–Kier alpha value is -7.24. The fourth-order valence-electron chi connectivity index (χ4n) is 9.50. The Balaban J connectivity index is 0.973. The van der Waals surface area contributed by atoms with Crippen molar-refractivity contribution in [3.8, 4) is 33.8 Å². The minimum absolute atomic E-state index is 0.829. The average molecular weight is 882 g/mol. The minimum Gasteiger partial charge on any atom is -0.497 e. The number of methoxy groups -OCH3 is 2. The van der Waals surface area contributed by atoms with E-state index in [1.165, 1.54) is 95.4 Å². The summed E-state index contributed by atoms with van der Waals surface area (Å²) in [6.45, 7) is 7.67. The van der Waals surface area contributed by atoms with Crippen LogP contribution in [0.25, 0.3) is 44.1 Å². The van der Waals surface area contributed by atoms with Gasteiger partial charge < -0.3 is 23.8 Å². The maximum absolute atomic E-state index is 5.56. The van der Waals surface area contributed by atoms with Gasteiger partial charge in [-0.05, 0) is 164 Å². The van der Waals surface area contributed by atoms with Crippen molar-refractivity contribution in [3.05, 3.63) is 193 Å². The first kappa shape index (κ1) is 44.9. The molecule has 0 saturated heterocycles. The van der Waals surface area contributed by atoms with Crippen LogP contribution in [-0.4, -0.2) is 18.8 Å². The molecule has 67 heavy (non-hydrogen) atoms. The molecule has 0 saturated carbocycles. The van der Waals surface area contributed by atoms with E-state index in [-0.39, 0.29) is 0 Å². The predicted molar refractivity (Wildman–Crippen MR) is 285 cm³/mol. The number of benzene rings is 8. The number of anilines is 6. The number of hydrogen-bond donors (Lipinski definition) is 0. The summed E-state index contributed by atoms with van der Waals surface area (Å²) < 4.78 is 13.6. The van der Waals surface area contributed by atoms with Crippen LogP contribution in [0.5, 0.6) is 11.5 Å². The molecule has 1 aromatic heterocycles. The molecule has 8 aromatic carbocycles. The highest BCUT2D eigenvalue weighted by molar-refractivity contribution is 6.09. The molecular formula is C62H63N3O2. The van der Waals surface area contributed by atoms with E-state index in [1.54, 1.807) is 14.2 Å². The van der Waals surface area contributed by atoms with Crippen molar-refractivity contribution in [1.82, 2.24) is 4.57 Å². The van der Waals surface area contributed by atoms with Gasteiger partial charge in [-0.3, -0.25) is 0 Å². The largest absolute Gasteiger partial charge is 0.497 e. The molecule has 0 bridgehead atoms. The summed E-state index contributed by atoms with van der Waals surface area (Å²) in [7, 11) is 3.41. The van der Waals surface area contributed by atoms with Crippen LogP contribution in [0.4, 0.5) is 34.1 Å². The zero-order valence-corrected chi connectivity index (χ0v) is 39.8. The van der Waals surface area contributed by atoms with Gasteiger partial charge in [0.05, 0.1) is 14.2 Å². The third-order valence-electron chi connectivity index (χ3n) is 13.3. The van der Waals surface area contributed by atoms with Crippen molar-refractivity contribution in [2.75, 3.05) is 24.0 Å². The third-order valence-corrected chi connectivity index (χ3v) is 13.3. The van der Waals surface area contributed by atoms with E-state index in [4.69, 9.17) is 9.47 Å². The number of nitrogens with zero attached hydrogens (tertiary/aromatic N) is 3. The molecule has 338 valence electrons. The van der Waals surface area contributed by atoms with E-state index in [2.05, 4.69) is 193 Å². The quantitative estimate of drug-likeness (QED) is 0.0757. The molecule has 0 unspecified atom stereocenters. The lowest BCUT2D eigenvalue weighted by atomic mass is 10.0. The van der Waals surface area contributed by atoms with Crippen molar-refractivity contribution >= 4 is 55.9 Å². The summed E-state index contributed by atoms with van der Waals surface area (Å²) in [5.74, 6) is 1.66. The molecule has 0 fully saturated rings. The Morgan fingerprint density at radius 1 is 0.358 bits per heavy atom. The number of unbranched alkanes of at least 4 members (excludes halogenated alkanes) is 7. The smallest absolute Gasteiger partial charge is 0.119 e. The first-order valence-corrected chi connectivity index (χ1v) is 24.2. The van der Waals surface area contributed by atoms with Crippen LogP contribution in [0.1, 0.15) is 69.4 Å². The van der Waals surface area contributed by atoms with Crippen molar-refractivity contribution in [2.45, 2.75) is 78.7 Å². The highest BCUT2D eigenvalue weighted by Crippen LogP contribution is 2.40. The van der Waals surface area contributed by atoms with Gasteiger partial charge in [-0.15, -0.1) is 0 Å². The second-order valence-corrected chi connectivity index (χ2v) is 17.9. The lowest BCUT2D eigenvalue weighted by Gasteiger charge is -2.26. The van der Waals surface area contributed by atoms with Gasteiger partial charge in [0.1, 0.15) is 11.5 Å². The Morgan fingerprint density at radius 3 is 1.15 bits per heavy atom. The summed E-state index contributed by atoms with van der Waals surface area (Å²) in [5, 5.41) is 2.67. The summed E-state index contributed by atoms with van der Waals surface area (Å²) in [4.78, 5) is 4.59. The van der Waals surface area contributed by atoms with Gasteiger partial charge in [-0.2, -0.15) is 0 Å². The molecule has 1 heterocycles. The lowest BCUT2D eigenvalue weighted by Crippen LogP contribution is -2.10. The van der Waals surface area contributed by atoms with E-state index in [1.807, 2.05) is 24.3 Å². The summed E-state index contributed by atoms with van der Waals surface area (Å²) in [6, 6.07) is 65.9. The average Bonchev–Trinajstić information content (AvgIpc) is 3.68. The fourth-order valence-corrected chi connectivity index (χ4v) is 9.50. The number of rotatable bonds is 19. The Bertz CT molecular complexity index is 3010. The van der Waals surface area contributed by atoms with E-state index >= 15 is 0 Å². The summed E-state index contributed by atoms with van der Waals surface area (Å²) >= 11 is 0. The molecule has 9 rings (SSSR count). The third kappa shape index (κ3) is 10.1. The molecule has 0 spiro atoms. The lowest BCUT2D eigenvalue weighted by molar-refractivity contribution is 0.414. The van der Waals surface area contributed by atoms with E-state index in [9.17, 15) is 0 Å². The van der Waals surface area contributed by atoms with Crippen molar-refractivity contribution in [3.63, 3.8) is 0 Å². The number of fused-ring (bicyclic) bond motifs is 3. The molecule has 5 nitrogen and oxygen atoms in total. The number of hydrogen-bond acceptors (Lipinski definition) is 4. The van der Waals surface area contributed by atoms with Gasteiger partial charge in [0.15, 0.2) is 0 Å². The fraction of sp³-hybridized carbons (Fsp3) is 0.226. The van der Waals surface area contributed by atoms with Crippen molar-refractivity contribution < 1.29 is 9.47 Å². The molecule has 0 amide bonds. The van der Waals surface area contributed by atoms with Gasteiger partial charge in [0.25, 0.3) is 0 Å². The zero-order valence-electron chi connectivity index (χ0n) is 39.8. The molecule has 0 aliphatic rings. The van der Waals surface area contributed by atoms with Gasteiger partial charge >= 0.3 is 0 Å². The van der Waals surface area contributed by atoms with Crippen LogP contribution in [0.3, 0.4) is 0 Å². The monoisotopic (exact) mass is 881 g/mol. The molecular weight excluding hydrogens is 819 g/mol. The van der Waals surface area contributed by atoms with Gasteiger partial charge in [0.2, 0.25) is 0 Å². The van der Waals surface area contributed by atoms with Crippen LogP contribution in [0.2, 0.25) is 0 Å². The predicted octanol–water partition coefficient (Wildman–Crippen LogP) is 17.8. The number of ether oxygens (including phenoxy) is 2. The SMILES string of the molecule is CCCCCCCCCCn1c2ccc(C)cc2c2cc(-c3ccc(N(c4ccc(OC)cc4)c4ccc(-c5ccc(N(c6ccc(C)cc6)c6ccc(OC)cc6)cc5)cc4)cc3)ccc21. The normalized spacial score (nSPS) is 11.3. The van der Waals surface area contributed by atoms with Crippen LogP contribution >= 0.6 is 0 Å². The van der Waals surface area contributed by atoms with Crippen molar-refractivity contribution in [2.24, 2.45) is 0 Å². The Kier molecular flexibility index (Phi) is 14.0. The number of aryl methyl sites for hydroxylation is 3. The Morgan fingerprint density at radius 2 is 0.701 bits per heavy atom. The van der Waals surface area contributed by atoms with Crippen molar-refractivity contribution in [1.29, 1.82) is 0 Å². The highest BCUT2D eigenvalue weighted by atomic mass is 16.5. The molecule has 0 atom stereocenters. The highest BCUT2D eigenvalue weighted by Gasteiger charge is 2.17. The maximum atomic E-state index is 5.56. The van der Waals surface area contributed by atoms with Crippen LogP contribution in [0.15, 0.2) is 182 Å². The standard InChI is InChI=1S/C62H63N3O2/c1-6-7-8-9-10-11-12-13-42-63-61-40-16-46(3)43-59(61)60-44-50(23-41-62(60)63)49-21-30-54(31-22-49)65(56-34-38-58(67-5)39-35-56)53-28-19-48(20-29-53)47-17-26-52(27-18-47)64(51-24-14-45(2)15-25-51)55-32-36-57(66-4)37-33-55/h14-41,43-44H,6-13,42H2,1-5H3. The molecule has 0 aliphatic carbocycles. The topological polar surface area (TPSA) is 29.9 Å². The first-order chi connectivity index (χ1) is 32.9. The second kappa shape index (κ2) is 20.9. The van der Waals surface area contributed by atoms with E-state index < -0.39 is 0 Å². The molecule has 0 N–H and O–H groups in total. The van der Waals surface area contributed by atoms with E-state index in [0.717, 1.165) is 63.3 Å². The zero-order chi connectivity index (χ0) is 46.1. The van der Waals surface area contributed by atoms with Crippen LogP contribution in [0, 0.1) is 13.8 Å². The van der Waals surface area contributed by atoms with Gasteiger partial charge in [-0.25, -0.2) is 0 Å². The molecule has 0 radical (unpaired) electrons. The van der Waals surface area contributed by atoms with Crippen LogP contribution < -0.4 is 19.3 Å². The van der Waals surface area contributed by atoms with Crippen LogP contribution in [-0.2, 0) is 6.54 Å². The van der Waals surface area contributed by atoms with Gasteiger partial charge in [-0.1, -0.05) is 124 Å². The minimum atomic E-state index is 0.829. The second-order valence-electron chi connectivity index (χ2n) is 17.9. The van der Waals surface area contributed by atoms with E-state index in [0.29, 0.717) is 0 Å².